The van der Waals surface area contributed by atoms with Gasteiger partial charge < -0.3 is 0 Å². The largest absolute Gasteiger partial charge is 0.299 e. The molecule has 2 saturated carbocycles. The standard InChI is InChI=1S/C12H16O/c13-10-4-1-2-5-11-6-3-7-12(10,11)9-8-11/h8-9H,1-7H2. The summed E-state index contributed by atoms with van der Waals surface area (Å²) in [5, 5.41) is 0. The van der Waals surface area contributed by atoms with Gasteiger partial charge in [0.05, 0.1) is 5.41 Å². The van der Waals surface area contributed by atoms with Gasteiger partial charge in [-0.25, -0.2) is 0 Å². The van der Waals surface area contributed by atoms with Crippen molar-refractivity contribution in [1.29, 1.82) is 0 Å². The van der Waals surface area contributed by atoms with E-state index in [0.29, 0.717) is 11.2 Å². The molecule has 0 aliphatic heterocycles. The number of carbonyl (C=O) groups excluding carboxylic acids is 1. The second-order valence-corrected chi connectivity index (χ2v) is 4.94. The first kappa shape index (κ1) is 7.78. The minimum Gasteiger partial charge on any atom is -0.299 e. The van der Waals surface area contributed by atoms with Gasteiger partial charge in [-0.05, 0) is 25.7 Å². The van der Waals surface area contributed by atoms with Crippen LogP contribution in [0.4, 0.5) is 0 Å². The Morgan fingerprint density at radius 1 is 1.00 bits per heavy atom. The molecule has 0 saturated heterocycles. The minimum absolute atomic E-state index is 0.0312. The van der Waals surface area contributed by atoms with Crippen molar-refractivity contribution in [3.8, 4) is 0 Å². The van der Waals surface area contributed by atoms with E-state index in [9.17, 15) is 4.79 Å². The monoisotopic (exact) mass is 176 g/mol. The Balaban J connectivity index is 2.08. The van der Waals surface area contributed by atoms with Gasteiger partial charge in [0.15, 0.2) is 0 Å². The molecule has 0 amide bonds. The highest BCUT2D eigenvalue weighted by Gasteiger charge is 2.60. The molecule has 0 bridgehead atoms. The summed E-state index contributed by atoms with van der Waals surface area (Å²) in [6.07, 6.45) is 12.7. The van der Waals surface area contributed by atoms with Crippen LogP contribution >= 0.6 is 0 Å². The van der Waals surface area contributed by atoms with Crippen molar-refractivity contribution in [1.82, 2.24) is 0 Å². The van der Waals surface area contributed by atoms with Crippen LogP contribution < -0.4 is 0 Å². The van der Waals surface area contributed by atoms with Gasteiger partial charge in [-0.2, -0.15) is 0 Å². The summed E-state index contributed by atoms with van der Waals surface area (Å²) in [5.74, 6) is 0.546. The zero-order valence-electron chi connectivity index (χ0n) is 8.01. The Morgan fingerprint density at radius 2 is 1.85 bits per heavy atom. The number of hydrogen-bond donors (Lipinski definition) is 0. The van der Waals surface area contributed by atoms with Crippen LogP contribution in [0, 0.1) is 10.8 Å². The van der Waals surface area contributed by atoms with E-state index >= 15 is 0 Å². The Hall–Kier alpha value is -0.590. The lowest BCUT2D eigenvalue weighted by molar-refractivity contribution is -0.130. The maximum atomic E-state index is 12.0. The van der Waals surface area contributed by atoms with Crippen molar-refractivity contribution >= 4 is 5.78 Å². The Kier molecular flexibility index (Phi) is 1.35. The molecule has 2 fully saturated rings. The SMILES string of the molecule is O=C1CCCCC23C=CC12CCC3. The van der Waals surface area contributed by atoms with Crippen LogP contribution in [0.15, 0.2) is 12.2 Å². The van der Waals surface area contributed by atoms with Gasteiger partial charge in [-0.15, -0.1) is 0 Å². The van der Waals surface area contributed by atoms with Gasteiger partial charge in [-0.1, -0.05) is 25.0 Å². The molecular weight excluding hydrogens is 160 g/mol. The molecule has 1 nitrogen and oxygen atoms in total. The fourth-order valence-corrected chi connectivity index (χ4v) is 3.73. The van der Waals surface area contributed by atoms with Crippen molar-refractivity contribution in [2.45, 2.75) is 44.9 Å². The maximum absolute atomic E-state index is 12.0. The molecule has 2 atom stereocenters. The average molecular weight is 176 g/mol. The normalized spacial score (nSPS) is 47.8. The molecule has 3 rings (SSSR count). The zero-order chi connectivity index (χ0) is 8.94. The third-order valence-electron chi connectivity index (χ3n) is 4.54. The van der Waals surface area contributed by atoms with Crippen LogP contribution in [0.2, 0.25) is 0 Å². The highest BCUT2D eigenvalue weighted by Crippen LogP contribution is 2.65. The predicted octanol–water partition coefficient (Wildman–Crippen LogP) is 2.86. The summed E-state index contributed by atoms with van der Waals surface area (Å²) >= 11 is 0. The van der Waals surface area contributed by atoms with E-state index in [1.807, 2.05) is 0 Å². The quantitative estimate of drug-likeness (QED) is 0.519. The number of carbonyl (C=O) groups is 1. The molecule has 0 aromatic rings. The van der Waals surface area contributed by atoms with E-state index in [1.54, 1.807) is 0 Å². The molecule has 3 aliphatic carbocycles. The third-order valence-corrected chi connectivity index (χ3v) is 4.54. The lowest BCUT2D eigenvalue weighted by atomic mass is 9.54. The Labute approximate surface area is 79.2 Å². The minimum atomic E-state index is 0.0312. The second kappa shape index (κ2) is 2.26. The van der Waals surface area contributed by atoms with E-state index in [2.05, 4.69) is 12.2 Å². The molecular formula is C12H16O. The van der Waals surface area contributed by atoms with E-state index < -0.39 is 0 Å². The van der Waals surface area contributed by atoms with Gasteiger partial charge in [0.2, 0.25) is 0 Å². The van der Waals surface area contributed by atoms with Crippen molar-refractivity contribution in [2.24, 2.45) is 10.8 Å². The molecule has 0 heterocycles. The predicted molar refractivity (Wildman–Crippen MR) is 51.3 cm³/mol. The number of ketones is 1. The second-order valence-electron chi connectivity index (χ2n) is 4.94. The third kappa shape index (κ3) is 0.722. The molecule has 0 aromatic heterocycles. The van der Waals surface area contributed by atoms with E-state index in [4.69, 9.17) is 0 Å². The Bertz CT molecular complexity index is 291. The van der Waals surface area contributed by atoms with E-state index in [0.717, 1.165) is 19.3 Å². The molecule has 3 aliphatic rings. The van der Waals surface area contributed by atoms with Crippen molar-refractivity contribution in [3.63, 3.8) is 0 Å². The van der Waals surface area contributed by atoms with Crippen LogP contribution in [0.1, 0.15) is 44.9 Å². The molecule has 70 valence electrons. The number of allylic oxidation sites excluding steroid dienone is 2. The smallest absolute Gasteiger partial charge is 0.143 e. The highest BCUT2D eigenvalue weighted by atomic mass is 16.1. The first-order valence-electron chi connectivity index (χ1n) is 5.53. The summed E-state index contributed by atoms with van der Waals surface area (Å²) in [4.78, 5) is 12.0. The molecule has 2 unspecified atom stereocenters. The maximum Gasteiger partial charge on any atom is 0.143 e. The Morgan fingerprint density at radius 3 is 2.62 bits per heavy atom. The molecule has 0 spiro atoms. The summed E-state index contributed by atoms with van der Waals surface area (Å²) in [6.45, 7) is 0. The summed E-state index contributed by atoms with van der Waals surface area (Å²) in [5.41, 5.74) is 0.365. The highest BCUT2D eigenvalue weighted by molar-refractivity contribution is 5.90. The first-order valence-corrected chi connectivity index (χ1v) is 5.53. The molecule has 0 aromatic carbocycles. The lowest BCUT2D eigenvalue weighted by Crippen LogP contribution is -2.46. The van der Waals surface area contributed by atoms with Crippen LogP contribution in [-0.2, 0) is 4.79 Å². The molecule has 1 heteroatoms. The van der Waals surface area contributed by atoms with Gasteiger partial charge in [-0.3, -0.25) is 4.79 Å². The fraction of sp³-hybridized carbons (Fsp3) is 0.750. The first-order chi connectivity index (χ1) is 6.29. The number of hydrogen-bond acceptors (Lipinski definition) is 1. The van der Waals surface area contributed by atoms with E-state index in [-0.39, 0.29) is 5.41 Å². The van der Waals surface area contributed by atoms with Crippen LogP contribution in [-0.4, -0.2) is 5.78 Å². The summed E-state index contributed by atoms with van der Waals surface area (Å²) in [7, 11) is 0. The van der Waals surface area contributed by atoms with Gasteiger partial charge in [0.25, 0.3) is 0 Å². The zero-order valence-corrected chi connectivity index (χ0v) is 8.01. The topological polar surface area (TPSA) is 17.1 Å². The summed E-state index contributed by atoms with van der Waals surface area (Å²) < 4.78 is 0. The summed E-state index contributed by atoms with van der Waals surface area (Å²) in [6, 6.07) is 0. The van der Waals surface area contributed by atoms with Crippen molar-refractivity contribution < 1.29 is 4.79 Å². The van der Waals surface area contributed by atoms with Crippen LogP contribution in [0.25, 0.3) is 0 Å². The van der Waals surface area contributed by atoms with Crippen molar-refractivity contribution in [2.75, 3.05) is 0 Å². The average Bonchev–Trinajstić information content (AvgIpc) is 2.32. The van der Waals surface area contributed by atoms with E-state index in [1.165, 1.54) is 25.7 Å². The van der Waals surface area contributed by atoms with Crippen LogP contribution in [0.5, 0.6) is 0 Å². The number of rotatable bonds is 0. The number of Topliss-reactive ketones (excluding diaryl/α,β-unsaturated/α-hetero) is 1. The van der Waals surface area contributed by atoms with Gasteiger partial charge >= 0.3 is 0 Å². The lowest BCUT2D eigenvalue weighted by Gasteiger charge is -2.47. The van der Waals surface area contributed by atoms with Gasteiger partial charge in [0.1, 0.15) is 5.78 Å². The molecule has 0 N–H and O–H groups in total. The van der Waals surface area contributed by atoms with Crippen molar-refractivity contribution in [3.05, 3.63) is 12.2 Å². The molecule has 13 heavy (non-hydrogen) atoms. The fourth-order valence-electron chi connectivity index (χ4n) is 3.73. The molecule has 0 radical (unpaired) electrons. The van der Waals surface area contributed by atoms with Gasteiger partial charge in [0, 0.05) is 11.8 Å². The van der Waals surface area contributed by atoms with Crippen LogP contribution in [0.3, 0.4) is 0 Å².